The molecule has 1 aliphatic heterocycles. The Morgan fingerprint density at radius 2 is 2.06 bits per heavy atom. The standard InChI is InChI=1S/C12H26N2O2S2/c1-3-7-13-8-11-18(15,16)14-9-4-5-12(17-2)6-10-14/h12-13H,3-11H2,1-2H3. The van der Waals surface area contributed by atoms with E-state index >= 15 is 0 Å². The van der Waals surface area contributed by atoms with Gasteiger partial charge in [-0.05, 0) is 38.5 Å². The molecule has 0 aromatic rings. The Bertz CT molecular complexity index is 320. The van der Waals surface area contributed by atoms with Gasteiger partial charge in [0.1, 0.15) is 0 Å². The highest BCUT2D eigenvalue weighted by Crippen LogP contribution is 2.22. The van der Waals surface area contributed by atoms with Crippen LogP contribution in [0, 0.1) is 0 Å². The maximum absolute atomic E-state index is 12.2. The quantitative estimate of drug-likeness (QED) is 0.724. The number of hydrogen-bond acceptors (Lipinski definition) is 4. The van der Waals surface area contributed by atoms with E-state index in [0.29, 0.717) is 24.9 Å². The molecular formula is C12H26N2O2S2. The van der Waals surface area contributed by atoms with Gasteiger partial charge < -0.3 is 5.32 Å². The Hall–Kier alpha value is 0.220. The molecule has 0 amide bonds. The third kappa shape index (κ3) is 5.47. The van der Waals surface area contributed by atoms with Gasteiger partial charge in [-0.3, -0.25) is 0 Å². The lowest BCUT2D eigenvalue weighted by Crippen LogP contribution is -2.37. The van der Waals surface area contributed by atoms with Crippen molar-refractivity contribution in [1.82, 2.24) is 9.62 Å². The van der Waals surface area contributed by atoms with Gasteiger partial charge >= 0.3 is 0 Å². The monoisotopic (exact) mass is 294 g/mol. The summed E-state index contributed by atoms with van der Waals surface area (Å²) in [6.45, 7) is 4.94. The number of thioether (sulfide) groups is 1. The summed E-state index contributed by atoms with van der Waals surface area (Å²) in [5, 5.41) is 3.78. The van der Waals surface area contributed by atoms with E-state index in [1.807, 2.05) is 11.8 Å². The van der Waals surface area contributed by atoms with E-state index in [1.54, 1.807) is 4.31 Å². The van der Waals surface area contributed by atoms with Crippen molar-refractivity contribution in [3.8, 4) is 0 Å². The zero-order valence-corrected chi connectivity index (χ0v) is 13.2. The molecule has 0 saturated carbocycles. The first-order valence-electron chi connectivity index (χ1n) is 6.81. The molecule has 1 rings (SSSR count). The van der Waals surface area contributed by atoms with Gasteiger partial charge in [0.15, 0.2) is 0 Å². The third-order valence-electron chi connectivity index (χ3n) is 3.32. The highest BCUT2D eigenvalue weighted by Gasteiger charge is 2.25. The van der Waals surface area contributed by atoms with Gasteiger partial charge in [0.25, 0.3) is 0 Å². The lowest BCUT2D eigenvalue weighted by atomic mass is 10.2. The molecule has 1 saturated heterocycles. The van der Waals surface area contributed by atoms with Crippen LogP contribution in [0.3, 0.4) is 0 Å². The predicted octanol–water partition coefficient (Wildman–Crippen LogP) is 1.53. The van der Waals surface area contributed by atoms with E-state index in [0.717, 1.165) is 32.2 Å². The minimum absolute atomic E-state index is 0.233. The first-order valence-corrected chi connectivity index (χ1v) is 9.71. The summed E-state index contributed by atoms with van der Waals surface area (Å²) in [6, 6.07) is 0. The predicted molar refractivity (Wildman–Crippen MR) is 79.7 cm³/mol. The minimum atomic E-state index is -3.06. The molecule has 0 aromatic heterocycles. The smallest absolute Gasteiger partial charge is 0.215 e. The molecule has 0 aliphatic carbocycles. The van der Waals surface area contributed by atoms with Crippen LogP contribution in [-0.2, 0) is 10.0 Å². The van der Waals surface area contributed by atoms with Crippen molar-refractivity contribution in [3.05, 3.63) is 0 Å². The van der Waals surface area contributed by atoms with Crippen molar-refractivity contribution in [1.29, 1.82) is 0 Å². The Morgan fingerprint density at radius 3 is 2.72 bits per heavy atom. The molecule has 0 radical (unpaired) electrons. The van der Waals surface area contributed by atoms with Crippen molar-refractivity contribution >= 4 is 21.8 Å². The summed E-state index contributed by atoms with van der Waals surface area (Å²) < 4.78 is 26.0. The number of sulfonamides is 1. The van der Waals surface area contributed by atoms with Gasteiger partial charge in [0, 0.05) is 24.9 Å². The molecule has 0 spiro atoms. The van der Waals surface area contributed by atoms with Gasteiger partial charge in [0.2, 0.25) is 10.0 Å². The van der Waals surface area contributed by atoms with Crippen LogP contribution in [0.1, 0.15) is 32.6 Å². The normalized spacial score (nSPS) is 22.9. The molecule has 6 heteroatoms. The second kappa shape index (κ2) is 8.40. The summed E-state index contributed by atoms with van der Waals surface area (Å²) in [6.07, 6.45) is 6.28. The van der Waals surface area contributed by atoms with Crippen LogP contribution in [0.2, 0.25) is 0 Å². The molecule has 0 bridgehead atoms. The van der Waals surface area contributed by atoms with E-state index in [-0.39, 0.29) is 5.75 Å². The fourth-order valence-corrected chi connectivity index (χ4v) is 4.38. The van der Waals surface area contributed by atoms with E-state index in [9.17, 15) is 8.42 Å². The summed E-state index contributed by atoms with van der Waals surface area (Å²) in [7, 11) is -3.06. The molecule has 1 aliphatic rings. The Labute approximate surface area is 116 Å². The van der Waals surface area contributed by atoms with Crippen molar-refractivity contribution in [2.75, 3.05) is 38.2 Å². The van der Waals surface area contributed by atoms with E-state index < -0.39 is 10.0 Å². The molecular weight excluding hydrogens is 268 g/mol. The highest BCUT2D eigenvalue weighted by atomic mass is 32.2. The molecule has 18 heavy (non-hydrogen) atoms. The fraction of sp³-hybridized carbons (Fsp3) is 1.00. The number of hydrogen-bond donors (Lipinski definition) is 1. The van der Waals surface area contributed by atoms with Crippen LogP contribution < -0.4 is 5.32 Å². The highest BCUT2D eigenvalue weighted by molar-refractivity contribution is 7.99. The number of rotatable bonds is 7. The maximum atomic E-state index is 12.2. The van der Waals surface area contributed by atoms with Crippen LogP contribution in [0.15, 0.2) is 0 Å². The van der Waals surface area contributed by atoms with Gasteiger partial charge in [-0.25, -0.2) is 12.7 Å². The molecule has 1 fully saturated rings. The lowest BCUT2D eigenvalue weighted by Gasteiger charge is -2.20. The van der Waals surface area contributed by atoms with Crippen molar-refractivity contribution in [2.45, 2.75) is 37.9 Å². The van der Waals surface area contributed by atoms with Crippen molar-refractivity contribution in [3.63, 3.8) is 0 Å². The first-order chi connectivity index (χ1) is 8.60. The summed E-state index contributed by atoms with van der Waals surface area (Å²) in [5.74, 6) is 0.233. The SMILES string of the molecule is CCCNCCS(=O)(=O)N1CCCC(SC)CC1. The summed E-state index contributed by atoms with van der Waals surface area (Å²) in [4.78, 5) is 0. The molecule has 1 unspecified atom stereocenters. The zero-order chi connectivity index (χ0) is 13.4. The van der Waals surface area contributed by atoms with Crippen LogP contribution in [-0.4, -0.2) is 56.2 Å². The number of nitrogens with zero attached hydrogens (tertiary/aromatic N) is 1. The summed E-state index contributed by atoms with van der Waals surface area (Å²) in [5.41, 5.74) is 0. The zero-order valence-electron chi connectivity index (χ0n) is 11.5. The van der Waals surface area contributed by atoms with E-state index in [2.05, 4.69) is 18.5 Å². The van der Waals surface area contributed by atoms with Crippen molar-refractivity contribution in [2.24, 2.45) is 0 Å². The fourth-order valence-electron chi connectivity index (χ4n) is 2.19. The van der Waals surface area contributed by atoms with Gasteiger partial charge in [-0.2, -0.15) is 11.8 Å². The average Bonchev–Trinajstić information content (AvgIpc) is 2.60. The lowest BCUT2D eigenvalue weighted by molar-refractivity contribution is 0.423. The van der Waals surface area contributed by atoms with Crippen LogP contribution in [0.4, 0.5) is 0 Å². The Morgan fingerprint density at radius 1 is 1.28 bits per heavy atom. The van der Waals surface area contributed by atoms with Gasteiger partial charge in [-0.15, -0.1) is 0 Å². The molecule has 0 aromatic carbocycles. The first kappa shape index (κ1) is 16.3. The van der Waals surface area contributed by atoms with Gasteiger partial charge in [0.05, 0.1) is 5.75 Å². The average molecular weight is 294 g/mol. The van der Waals surface area contributed by atoms with Crippen molar-refractivity contribution < 1.29 is 8.42 Å². The second-order valence-electron chi connectivity index (χ2n) is 4.75. The molecule has 1 atom stereocenters. The summed E-state index contributed by atoms with van der Waals surface area (Å²) >= 11 is 1.86. The second-order valence-corrected chi connectivity index (χ2v) is 7.98. The van der Waals surface area contributed by atoms with E-state index in [1.165, 1.54) is 0 Å². The largest absolute Gasteiger partial charge is 0.316 e. The Kier molecular flexibility index (Phi) is 7.60. The molecule has 4 nitrogen and oxygen atoms in total. The Balaban J connectivity index is 2.41. The third-order valence-corrected chi connectivity index (χ3v) is 6.33. The topological polar surface area (TPSA) is 49.4 Å². The van der Waals surface area contributed by atoms with Crippen LogP contribution >= 0.6 is 11.8 Å². The maximum Gasteiger partial charge on any atom is 0.215 e. The minimum Gasteiger partial charge on any atom is -0.316 e. The number of nitrogens with one attached hydrogen (secondary N) is 1. The molecule has 1 N–H and O–H groups in total. The van der Waals surface area contributed by atoms with E-state index in [4.69, 9.17) is 0 Å². The molecule has 108 valence electrons. The van der Waals surface area contributed by atoms with Gasteiger partial charge in [-0.1, -0.05) is 6.92 Å². The van der Waals surface area contributed by atoms with Crippen LogP contribution in [0.25, 0.3) is 0 Å². The molecule has 1 heterocycles. The van der Waals surface area contributed by atoms with Crippen LogP contribution in [0.5, 0.6) is 0 Å².